The molecule has 2 aromatic rings. The van der Waals surface area contributed by atoms with Crippen LogP contribution in [-0.2, 0) is 12.3 Å². The molecular weight excluding hydrogens is 494 g/mol. The zero-order valence-electron chi connectivity index (χ0n) is 25.7. The third kappa shape index (κ3) is 6.60. The number of rotatable bonds is 8. The molecule has 0 radical (unpaired) electrons. The average Bonchev–Trinajstić information content (AvgIpc) is 2.79. The van der Waals surface area contributed by atoms with E-state index in [1.165, 1.54) is 29.9 Å². The highest BCUT2D eigenvalue weighted by atomic mass is 31.1. The Kier molecular flexibility index (Phi) is 8.04. The van der Waals surface area contributed by atoms with Gasteiger partial charge in [-0.2, -0.15) is 0 Å². The molecule has 0 amide bonds. The van der Waals surface area contributed by atoms with Crippen LogP contribution in [0.2, 0.25) is 0 Å². The van der Waals surface area contributed by atoms with Crippen LogP contribution in [0.5, 0.6) is 0 Å². The van der Waals surface area contributed by atoms with Gasteiger partial charge in [-0.1, -0.05) is 112 Å². The lowest BCUT2D eigenvalue weighted by Gasteiger charge is -2.58. The van der Waals surface area contributed by atoms with Gasteiger partial charge in [-0.05, 0) is 118 Å². The first-order valence-electron chi connectivity index (χ1n) is 15.4. The predicted octanol–water partition coefficient (Wildman–Crippen LogP) is 11.5. The quantitative estimate of drug-likeness (QED) is 0.288. The van der Waals surface area contributed by atoms with Crippen molar-refractivity contribution in [3.8, 4) is 11.1 Å². The Morgan fingerprint density at radius 1 is 0.711 bits per heavy atom. The van der Waals surface area contributed by atoms with Gasteiger partial charge < -0.3 is 0 Å². The van der Waals surface area contributed by atoms with Gasteiger partial charge in [0.25, 0.3) is 0 Å². The van der Waals surface area contributed by atoms with Gasteiger partial charge in [0.2, 0.25) is 0 Å². The number of hydrogen-bond acceptors (Lipinski definition) is 0. The van der Waals surface area contributed by atoms with Gasteiger partial charge in [0, 0.05) is 0 Å². The molecule has 6 rings (SSSR count). The Morgan fingerprint density at radius 2 is 1.26 bits per heavy atom. The number of benzene rings is 2. The van der Waals surface area contributed by atoms with Gasteiger partial charge in [-0.3, -0.25) is 0 Å². The fourth-order valence-corrected chi connectivity index (χ4v) is 14.4. The normalized spacial score (nSPS) is 27.7. The molecule has 0 aliphatic heterocycles. The molecule has 208 valence electrons. The molecule has 0 heterocycles. The van der Waals surface area contributed by atoms with Crippen LogP contribution in [0.4, 0.5) is 0 Å². The van der Waals surface area contributed by atoms with Crippen LogP contribution < -0.4 is 0 Å². The molecule has 0 N–H and O–H groups in total. The van der Waals surface area contributed by atoms with Crippen LogP contribution in [-0.4, -0.2) is 15.5 Å². The topological polar surface area (TPSA) is 0 Å². The Labute approximate surface area is 238 Å². The molecule has 4 aliphatic rings. The smallest absolute Gasteiger partial charge is 0.00606 e. The summed E-state index contributed by atoms with van der Waals surface area (Å²) in [5.41, 5.74) is 6.67. The minimum Gasteiger partial charge on any atom is -0.112 e. The molecule has 1 atom stereocenters. The molecule has 4 fully saturated rings. The van der Waals surface area contributed by atoms with Crippen molar-refractivity contribution in [1.82, 2.24) is 0 Å². The van der Waals surface area contributed by atoms with Gasteiger partial charge in [0.15, 0.2) is 0 Å². The van der Waals surface area contributed by atoms with E-state index in [1.54, 1.807) is 49.7 Å². The van der Waals surface area contributed by atoms with Crippen LogP contribution in [0, 0.1) is 23.2 Å². The summed E-state index contributed by atoms with van der Waals surface area (Å²) in [6.45, 7) is 20.1. The van der Waals surface area contributed by atoms with Gasteiger partial charge >= 0.3 is 0 Å². The lowest BCUT2D eigenvalue weighted by atomic mass is 9.48. The molecule has 0 aromatic heterocycles. The maximum absolute atomic E-state index is 2.61. The van der Waals surface area contributed by atoms with Crippen molar-refractivity contribution in [2.45, 2.75) is 128 Å². The third-order valence-corrected chi connectivity index (χ3v) is 15.6. The van der Waals surface area contributed by atoms with E-state index < -0.39 is 0 Å². The second-order valence-electron chi connectivity index (χ2n) is 16.1. The Hall–Kier alpha value is -0.700. The van der Waals surface area contributed by atoms with E-state index in [2.05, 4.69) is 104 Å². The largest absolute Gasteiger partial charge is 0.112 e. The maximum atomic E-state index is 2.61. The summed E-state index contributed by atoms with van der Waals surface area (Å²) in [7, 11) is 0.830. The molecule has 2 aromatic carbocycles. The summed E-state index contributed by atoms with van der Waals surface area (Å²) in [6, 6.07) is 18.5. The lowest BCUT2D eigenvalue weighted by molar-refractivity contribution is -0.0609. The average molecular weight is 549 g/mol. The molecule has 0 saturated heterocycles. The van der Waals surface area contributed by atoms with Crippen molar-refractivity contribution in [3.05, 3.63) is 59.7 Å². The summed E-state index contributed by atoms with van der Waals surface area (Å²) >= 11 is 0. The SMILES string of the molecule is CC(C)(CC12CC3CC(CC(C3)C1)C2)PCc1ccc(-c2ccccc2)cc1CP(C(C)(C)C)C(C)(C)C. The summed E-state index contributed by atoms with van der Waals surface area (Å²) < 4.78 is 0. The fourth-order valence-electron chi connectivity index (χ4n) is 9.25. The molecular formula is C36H54P2. The first-order chi connectivity index (χ1) is 17.7. The van der Waals surface area contributed by atoms with Crippen LogP contribution >= 0.6 is 16.5 Å². The zero-order valence-corrected chi connectivity index (χ0v) is 27.6. The summed E-state index contributed by atoms with van der Waals surface area (Å²) in [5.74, 6) is 3.18. The van der Waals surface area contributed by atoms with Crippen molar-refractivity contribution in [1.29, 1.82) is 0 Å². The Morgan fingerprint density at radius 3 is 1.79 bits per heavy atom. The molecule has 2 heteroatoms. The number of hydrogen-bond donors (Lipinski definition) is 0. The summed E-state index contributed by atoms with van der Waals surface area (Å²) in [5, 5.41) is 1.13. The second-order valence-corrected chi connectivity index (χ2v) is 22.0. The van der Waals surface area contributed by atoms with E-state index >= 15 is 0 Å². The van der Waals surface area contributed by atoms with Crippen molar-refractivity contribution in [3.63, 3.8) is 0 Å². The van der Waals surface area contributed by atoms with E-state index in [9.17, 15) is 0 Å². The van der Waals surface area contributed by atoms with E-state index in [0.717, 1.165) is 26.3 Å². The second kappa shape index (κ2) is 10.6. The predicted molar refractivity (Wildman–Crippen MR) is 173 cm³/mol. The van der Waals surface area contributed by atoms with E-state index in [4.69, 9.17) is 0 Å². The maximum Gasteiger partial charge on any atom is -0.00606 e. The van der Waals surface area contributed by atoms with Crippen molar-refractivity contribution >= 4 is 16.5 Å². The summed E-state index contributed by atoms with van der Waals surface area (Å²) in [4.78, 5) is 0. The highest BCUT2D eigenvalue weighted by molar-refractivity contribution is 7.60. The fraction of sp³-hybridized carbons (Fsp3) is 0.667. The van der Waals surface area contributed by atoms with Crippen LogP contribution in [0.15, 0.2) is 48.5 Å². The van der Waals surface area contributed by atoms with Crippen molar-refractivity contribution in [2.75, 3.05) is 0 Å². The molecule has 38 heavy (non-hydrogen) atoms. The highest BCUT2D eigenvalue weighted by Gasteiger charge is 2.52. The molecule has 1 unspecified atom stereocenters. The van der Waals surface area contributed by atoms with Crippen molar-refractivity contribution in [2.24, 2.45) is 23.2 Å². The molecule has 0 nitrogen and oxygen atoms in total. The highest BCUT2D eigenvalue weighted by Crippen LogP contribution is 2.64. The Bertz CT molecular complexity index is 1050. The molecule has 4 aliphatic carbocycles. The van der Waals surface area contributed by atoms with Gasteiger partial charge in [-0.25, -0.2) is 0 Å². The van der Waals surface area contributed by atoms with Gasteiger partial charge in [0.1, 0.15) is 0 Å². The summed E-state index contributed by atoms with van der Waals surface area (Å²) in [6.07, 6.45) is 13.3. The van der Waals surface area contributed by atoms with Crippen LogP contribution in [0.25, 0.3) is 11.1 Å². The first-order valence-corrected chi connectivity index (χ1v) is 18.1. The monoisotopic (exact) mass is 548 g/mol. The Balaban J connectivity index is 1.37. The van der Waals surface area contributed by atoms with Crippen LogP contribution in [0.1, 0.15) is 111 Å². The van der Waals surface area contributed by atoms with Gasteiger partial charge in [-0.15, -0.1) is 8.58 Å². The van der Waals surface area contributed by atoms with E-state index in [0.29, 0.717) is 20.9 Å². The first kappa shape index (κ1) is 28.8. The van der Waals surface area contributed by atoms with Crippen LogP contribution in [0.3, 0.4) is 0 Å². The molecule has 4 bridgehead atoms. The molecule has 0 spiro atoms. The minimum absolute atomic E-state index is 0.175. The standard InChI is InChI=1S/C36H54P2/c1-33(2,3)38(34(4,5)6)24-32-19-30(29-12-10-9-11-13-29)14-15-31(32)23-37-35(7,8)25-36-20-26-16-27(21-36)18-28(17-26)22-36/h9-15,19,26-28,37H,16-18,20-25H2,1-8H3. The zero-order chi connectivity index (χ0) is 27.3. The lowest BCUT2D eigenvalue weighted by Crippen LogP contribution is -2.48. The third-order valence-electron chi connectivity index (χ3n) is 10.0. The van der Waals surface area contributed by atoms with E-state index in [1.807, 2.05) is 0 Å². The molecule has 4 saturated carbocycles. The minimum atomic E-state index is -0.175. The van der Waals surface area contributed by atoms with E-state index in [-0.39, 0.29) is 7.92 Å². The van der Waals surface area contributed by atoms with Crippen molar-refractivity contribution < 1.29 is 0 Å². The van der Waals surface area contributed by atoms with Gasteiger partial charge in [0.05, 0.1) is 0 Å².